The number of aromatic nitrogens is 7. The molecule has 3 aromatic rings. The van der Waals surface area contributed by atoms with Gasteiger partial charge in [-0.2, -0.15) is 0 Å². The standard InChI is InChI=1S/C31H34N12O2/c1-31(2,3)45-30(44)41-16-14-40(15-17-41)26(22-10-6-4-7-11-22)27(23-12-8-5-9-13-23)43-19-24(36-39-43)18-42-21-35-28(37-38-32)25-29(42)34-20-33-25/h4-13,19-21,26-27H,14-18H2,1-3H3/t26-,27+/m0/s1. The van der Waals surface area contributed by atoms with Crippen molar-refractivity contribution in [2.24, 2.45) is 5.11 Å². The predicted octanol–water partition coefficient (Wildman–Crippen LogP) is 5.24. The zero-order valence-electron chi connectivity index (χ0n) is 25.4. The molecule has 14 heteroatoms. The largest absolute Gasteiger partial charge is 0.444 e. The molecule has 2 atom stereocenters. The number of fused-ring (bicyclic) bond motifs is 1. The maximum absolute atomic E-state index is 12.8. The summed E-state index contributed by atoms with van der Waals surface area (Å²) in [5.41, 5.74) is 11.7. The molecule has 45 heavy (non-hydrogen) atoms. The molecule has 0 N–H and O–H groups in total. The van der Waals surface area contributed by atoms with Crippen LogP contribution in [0.1, 0.15) is 49.7 Å². The second-order valence-corrected chi connectivity index (χ2v) is 11.8. The SMILES string of the molecule is CC(C)(C)OC(=O)N1CCN([C@@H](c2ccccc2)[C@@H](c2ccccc2)n2cc(Cn3cnc(N=[N+]=[N-])c4ncnc3-4)nn2)CC1. The van der Waals surface area contributed by atoms with Crippen molar-refractivity contribution in [2.75, 3.05) is 26.2 Å². The van der Waals surface area contributed by atoms with Gasteiger partial charge in [-0.3, -0.25) is 4.90 Å². The van der Waals surface area contributed by atoms with Crippen LogP contribution < -0.4 is 0 Å². The van der Waals surface area contributed by atoms with Gasteiger partial charge in [0.1, 0.15) is 23.3 Å². The van der Waals surface area contributed by atoms with Crippen molar-refractivity contribution in [3.05, 3.63) is 107 Å². The van der Waals surface area contributed by atoms with E-state index in [1.54, 1.807) is 15.8 Å². The molecule has 0 unspecified atom stereocenters. The van der Waals surface area contributed by atoms with Gasteiger partial charge in [0.05, 0.1) is 31.2 Å². The highest BCUT2D eigenvalue weighted by molar-refractivity contribution is 5.68. The van der Waals surface area contributed by atoms with E-state index in [-0.39, 0.29) is 24.0 Å². The summed E-state index contributed by atoms with van der Waals surface area (Å²) >= 11 is 0. The molecule has 3 aliphatic heterocycles. The zero-order valence-corrected chi connectivity index (χ0v) is 25.4. The number of hydrogen-bond donors (Lipinski definition) is 0. The van der Waals surface area contributed by atoms with Crippen LogP contribution in [-0.4, -0.2) is 82.2 Å². The van der Waals surface area contributed by atoms with Crippen LogP contribution in [-0.2, 0) is 11.3 Å². The number of amides is 1. The summed E-state index contributed by atoms with van der Waals surface area (Å²) in [6, 6.07) is 20.3. The smallest absolute Gasteiger partial charge is 0.410 e. The van der Waals surface area contributed by atoms with Gasteiger partial charge in [-0.25, -0.2) is 24.4 Å². The monoisotopic (exact) mass is 606 g/mol. The molecule has 230 valence electrons. The minimum atomic E-state index is -0.549. The molecule has 3 aliphatic rings. The third-order valence-electron chi connectivity index (χ3n) is 7.64. The van der Waals surface area contributed by atoms with Gasteiger partial charge in [0.15, 0.2) is 11.6 Å². The fourth-order valence-corrected chi connectivity index (χ4v) is 5.68. The highest BCUT2D eigenvalue weighted by Crippen LogP contribution is 2.38. The number of benzene rings is 2. The Hall–Kier alpha value is -5.33. The minimum absolute atomic E-state index is 0.103. The third kappa shape index (κ3) is 6.61. The quantitative estimate of drug-likeness (QED) is 0.132. The first-order chi connectivity index (χ1) is 21.8. The predicted molar refractivity (Wildman–Crippen MR) is 166 cm³/mol. The fraction of sp³-hybridized carbons (Fsp3) is 0.355. The van der Waals surface area contributed by atoms with E-state index in [4.69, 9.17) is 10.3 Å². The molecule has 1 saturated heterocycles. The highest BCUT2D eigenvalue weighted by Gasteiger charge is 2.36. The van der Waals surface area contributed by atoms with Gasteiger partial charge in [0.25, 0.3) is 0 Å². The molecule has 0 spiro atoms. The maximum atomic E-state index is 12.8. The van der Waals surface area contributed by atoms with Crippen molar-refractivity contribution < 1.29 is 9.53 Å². The molecule has 0 bridgehead atoms. The van der Waals surface area contributed by atoms with E-state index in [1.807, 2.05) is 68.0 Å². The van der Waals surface area contributed by atoms with E-state index < -0.39 is 5.60 Å². The summed E-state index contributed by atoms with van der Waals surface area (Å²) < 4.78 is 9.36. The summed E-state index contributed by atoms with van der Waals surface area (Å²) in [5.74, 6) is 0.707. The van der Waals surface area contributed by atoms with Crippen LogP contribution in [0.5, 0.6) is 0 Å². The van der Waals surface area contributed by atoms with E-state index in [0.717, 1.165) is 11.1 Å². The van der Waals surface area contributed by atoms with E-state index >= 15 is 0 Å². The minimum Gasteiger partial charge on any atom is -0.444 e. The lowest BCUT2D eigenvalue weighted by atomic mass is 9.91. The van der Waals surface area contributed by atoms with Crippen molar-refractivity contribution in [1.82, 2.24) is 44.3 Å². The molecular formula is C31H34N12O2. The van der Waals surface area contributed by atoms with Gasteiger partial charge in [-0.15, -0.1) is 5.10 Å². The van der Waals surface area contributed by atoms with Gasteiger partial charge < -0.3 is 14.2 Å². The van der Waals surface area contributed by atoms with Gasteiger partial charge >= 0.3 is 6.09 Å². The number of carbonyl (C=O) groups excluding carboxylic acids is 1. The number of rotatable bonds is 8. The van der Waals surface area contributed by atoms with Crippen LogP contribution >= 0.6 is 0 Å². The summed E-state index contributed by atoms with van der Waals surface area (Å²) in [7, 11) is 0. The van der Waals surface area contributed by atoms with Crippen molar-refractivity contribution in [2.45, 2.75) is 45.0 Å². The molecule has 0 radical (unpaired) electrons. The van der Waals surface area contributed by atoms with Gasteiger partial charge in [0, 0.05) is 31.1 Å². The normalized spacial score (nSPS) is 15.4. The van der Waals surface area contributed by atoms with Crippen molar-refractivity contribution >= 4 is 11.9 Å². The summed E-state index contributed by atoms with van der Waals surface area (Å²) in [6.07, 6.45) is 4.63. The lowest BCUT2D eigenvalue weighted by Crippen LogP contribution is -2.52. The Morgan fingerprint density at radius 1 is 0.956 bits per heavy atom. The molecule has 6 rings (SSSR count). The number of piperazine rings is 1. The molecule has 14 nitrogen and oxygen atoms in total. The number of azide groups is 1. The lowest BCUT2D eigenvalue weighted by Gasteiger charge is -2.42. The Morgan fingerprint density at radius 3 is 2.27 bits per heavy atom. The van der Waals surface area contributed by atoms with E-state index in [9.17, 15) is 4.79 Å². The molecule has 1 aromatic heterocycles. The maximum Gasteiger partial charge on any atom is 0.410 e. The van der Waals surface area contributed by atoms with E-state index in [1.165, 1.54) is 6.33 Å². The number of imidazole rings is 1. The average molecular weight is 607 g/mol. The van der Waals surface area contributed by atoms with Crippen molar-refractivity contribution in [1.29, 1.82) is 0 Å². The topological polar surface area (TPSA) is 156 Å². The molecule has 1 fully saturated rings. The first kappa shape index (κ1) is 29.7. The van der Waals surface area contributed by atoms with Crippen LogP contribution in [0.2, 0.25) is 0 Å². The lowest BCUT2D eigenvalue weighted by molar-refractivity contribution is 0.00756. The third-order valence-corrected chi connectivity index (χ3v) is 7.64. The van der Waals surface area contributed by atoms with Gasteiger partial charge in [-0.05, 0) is 42.5 Å². The van der Waals surface area contributed by atoms with Gasteiger partial charge in [0.2, 0.25) is 0 Å². The Balaban J connectivity index is 1.32. The Morgan fingerprint density at radius 2 is 1.62 bits per heavy atom. The highest BCUT2D eigenvalue weighted by atomic mass is 16.6. The molecule has 1 amide bonds. The van der Waals surface area contributed by atoms with E-state index in [2.05, 4.69) is 64.5 Å². The van der Waals surface area contributed by atoms with Crippen LogP contribution in [0, 0.1) is 0 Å². The van der Waals surface area contributed by atoms with Crippen molar-refractivity contribution in [3.63, 3.8) is 0 Å². The second-order valence-electron chi connectivity index (χ2n) is 11.8. The fourth-order valence-electron chi connectivity index (χ4n) is 5.68. The number of carbonyl (C=O) groups is 1. The Labute approximate surface area is 260 Å². The zero-order chi connectivity index (χ0) is 31.4. The van der Waals surface area contributed by atoms with E-state index in [0.29, 0.717) is 49.9 Å². The summed E-state index contributed by atoms with van der Waals surface area (Å²) in [6.45, 7) is 8.41. The molecular weight excluding hydrogens is 572 g/mol. The molecule has 2 aromatic carbocycles. The average Bonchev–Trinajstić information content (AvgIpc) is 3.72. The molecule has 0 saturated carbocycles. The first-order valence-corrected chi connectivity index (χ1v) is 14.7. The van der Waals surface area contributed by atoms with Crippen molar-refractivity contribution in [3.8, 4) is 11.5 Å². The first-order valence-electron chi connectivity index (χ1n) is 14.7. The second kappa shape index (κ2) is 12.7. The Bertz CT molecular complexity index is 1750. The number of nitrogens with zero attached hydrogens (tertiary/aromatic N) is 12. The molecule has 0 aliphatic carbocycles. The summed E-state index contributed by atoms with van der Waals surface area (Å²) in [5, 5.41) is 12.8. The summed E-state index contributed by atoms with van der Waals surface area (Å²) in [4.78, 5) is 32.7. The van der Waals surface area contributed by atoms with Crippen LogP contribution in [0.3, 0.4) is 0 Å². The van der Waals surface area contributed by atoms with Crippen LogP contribution in [0.4, 0.5) is 10.6 Å². The number of ether oxygens (including phenoxy) is 1. The Kier molecular flexibility index (Phi) is 8.41. The van der Waals surface area contributed by atoms with Gasteiger partial charge in [-0.1, -0.05) is 65.9 Å². The molecule has 4 heterocycles. The van der Waals surface area contributed by atoms with Crippen LogP contribution in [0.15, 0.2) is 84.6 Å². The van der Waals surface area contributed by atoms with Crippen LogP contribution in [0.25, 0.3) is 22.0 Å². The number of hydrogen-bond acceptors (Lipinski definition) is 9.